The topological polar surface area (TPSA) is 56.3 Å². The molecule has 0 amide bonds. The van der Waals surface area contributed by atoms with Crippen molar-refractivity contribution >= 4 is 23.3 Å². The number of nitrogens with zero attached hydrogens (tertiary/aromatic N) is 2. The largest absolute Gasteiger partial charge is 0.347 e. The molecular formula is C14H23N3O2S2. The Balaban J connectivity index is 1.70. The monoisotopic (exact) mass is 329 g/mol. The first-order valence-electron chi connectivity index (χ1n) is 7.75. The third kappa shape index (κ3) is 3.59. The van der Waals surface area contributed by atoms with Crippen LogP contribution in [0.15, 0.2) is 4.34 Å². The fourth-order valence-electron chi connectivity index (χ4n) is 3.05. The molecule has 1 aliphatic carbocycles. The third-order valence-corrected chi connectivity index (χ3v) is 6.25. The van der Waals surface area contributed by atoms with Crippen LogP contribution in [0, 0.1) is 0 Å². The molecule has 1 spiro atoms. The zero-order chi connectivity index (χ0) is 14.7. The van der Waals surface area contributed by atoms with E-state index in [1.165, 1.54) is 11.5 Å². The first kappa shape index (κ1) is 15.7. The van der Waals surface area contributed by atoms with Gasteiger partial charge in [0.05, 0.1) is 13.2 Å². The van der Waals surface area contributed by atoms with Gasteiger partial charge in [-0.1, -0.05) is 25.6 Å². The van der Waals surface area contributed by atoms with Crippen molar-refractivity contribution in [3.63, 3.8) is 0 Å². The van der Waals surface area contributed by atoms with Crippen LogP contribution in [-0.4, -0.2) is 46.2 Å². The fourth-order valence-corrected chi connectivity index (χ4v) is 5.35. The maximum Gasteiger partial charge on any atom is 0.170 e. The first-order chi connectivity index (χ1) is 10.2. The van der Waals surface area contributed by atoms with Crippen molar-refractivity contribution in [3.05, 3.63) is 5.82 Å². The average molecular weight is 329 g/mol. The minimum absolute atomic E-state index is 0.345. The van der Waals surface area contributed by atoms with Gasteiger partial charge in [-0.3, -0.25) is 0 Å². The molecule has 21 heavy (non-hydrogen) atoms. The Morgan fingerprint density at radius 2 is 2.19 bits per heavy atom. The van der Waals surface area contributed by atoms with Crippen molar-refractivity contribution in [1.29, 1.82) is 0 Å². The quantitative estimate of drug-likeness (QED) is 0.895. The van der Waals surface area contributed by atoms with E-state index >= 15 is 0 Å². The Morgan fingerprint density at radius 3 is 2.86 bits per heavy atom. The van der Waals surface area contributed by atoms with Gasteiger partial charge in [-0.25, -0.2) is 4.98 Å². The van der Waals surface area contributed by atoms with Gasteiger partial charge in [0.2, 0.25) is 0 Å². The molecule has 1 aromatic heterocycles. The highest BCUT2D eigenvalue weighted by Gasteiger charge is 2.45. The number of hydrogen-bond acceptors (Lipinski definition) is 7. The van der Waals surface area contributed by atoms with Crippen LogP contribution < -0.4 is 5.32 Å². The highest BCUT2D eigenvalue weighted by molar-refractivity contribution is 8.01. The SMILES string of the molecule is CCNC1CCC2(CC1Sc1nc(CC)ns1)OCCO2. The van der Waals surface area contributed by atoms with Gasteiger partial charge in [-0.15, -0.1) is 0 Å². The zero-order valence-corrected chi connectivity index (χ0v) is 14.3. The van der Waals surface area contributed by atoms with Gasteiger partial charge in [0, 0.05) is 30.6 Å². The molecular weight excluding hydrogens is 306 g/mol. The molecule has 3 rings (SSSR count). The van der Waals surface area contributed by atoms with E-state index in [-0.39, 0.29) is 5.79 Å². The predicted molar refractivity (Wildman–Crippen MR) is 84.9 cm³/mol. The first-order valence-corrected chi connectivity index (χ1v) is 9.40. The number of aryl methyl sites for hydroxylation is 1. The Bertz CT molecular complexity index is 463. The lowest BCUT2D eigenvalue weighted by Gasteiger charge is -2.40. The fraction of sp³-hybridized carbons (Fsp3) is 0.857. The summed E-state index contributed by atoms with van der Waals surface area (Å²) >= 11 is 3.34. The molecule has 2 heterocycles. The molecule has 1 saturated carbocycles. The average Bonchev–Trinajstić information content (AvgIpc) is 3.12. The van der Waals surface area contributed by atoms with Gasteiger partial charge in [0.15, 0.2) is 10.1 Å². The van der Waals surface area contributed by atoms with Crippen molar-refractivity contribution in [2.45, 2.75) is 60.9 Å². The molecule has 1 aromatic rings. The summed E-state index contributed by atoms with van der Waals surface area (Å²) in [6.07, 6.45) is 3.90. The van der Waals surface area contributed by atoms with Crippen LogP contribution in [0.4, 0.5) is 0 Å². The maximum atomic E-state index is 5.91. The summed E-state index contributed by atoms with van der Waals surface area (Å²) in [5.74, 6) is 0.600. The number of aromatic nitrogens is 2. The maximum absolute atomic E-state index is 5.91. The van der Waals surface area contributed by atoms with Crippen molar-refractivity contribution in [2.75, 3.05) is 19.8 Å². The van der Waals surface area contributed by atoms with E-state index in [1.807, 2.05) is 11.8 Å². The molecule has 1 saturated heterocycles. The zero-order valence-electron chi connectivity index (χ0n) is 12.6. The Kier molecular flexibility index (Phi) is 5.16. The Labute approximate surface area is 134 Å². The molecule has 118 valence electrons. The van der Waals surface area contributed by atoms with E-state index in [0.717, 1.165) is 55.6 Å². The van der Waals surface area contributed by atoms with Crippen molar-refractivity contribution in [1.82, 2.24) is 14.7 Å². The molecule has 0 radical (unpaired) electrons. The van der Waals surface area contributed by atoms with Gasteiger partial charge < -0.3 is 14.8 Å². The van der Waals surface area contributed by atoms with Gasteiger partial charge in [0.1, 0.15) is 5.82 Å². The Hall–Kier alpha value is -0.210. The summed E-state index contributed by atoms with van der Waals surface area (Å²) in [7, 11) is 0. The molecule has 2 aliphatic rings. The summed E-state index contributed by atoms with van der Waals surface area (Å²) in [5, 5.41) is 4.03. The van der Waals surface area contributed by atoms with Crippen LogP contribution in [0.3, 0.4) is 0 Å². The highest BCUT2D eigenvalue weighted by Crippen LogP contribution is 2.42. The van der Waals surface area contributed by atoms with Crippen LogP contribution in [-0.2, 0) is 15.9 Å². The normalized spacial score (nSPS) is 28.3. The van der Waals surface area contributed by atoms with Crippen LogP contribution in [0.2, 0.25) is 0 Å². The van der Waals surface area contributed by atoms with Gasteiger partial charge in [0.25, 0.3) is 0 Å². The van der Waals surface area contributed by atoms with Crippen molar-refractivity contribution in [3.8, 4) is 0 Å². The summed E-state index contributed by atoms with van der Waals surface area (Å²) in [6, 6.07) is 0.493. The molecule has 2 unspecified atom stereocenters. The second-order valence-electron chi connectivity index (χ2n) is 5.50. The number of hydrogen-bond donors (Lipinski definition) is 1. The van der Waals surface area contributed by atoms with E-state index in [4.69, 9.17) is 9.47 Å². The molecule has 1 aliphatic heterocycles. The van der Waals surface area contributed by atoms with E-state index in [9.17, 15) is 0 Å². The standard InChI is InChI=1S/C14H23N3O2S2/c1-3-12-16-13(21-17-12)20-11-9-14(18-7-8-19-14)6-5-10(11)15-4-2/h10-11,15H,3-9H2,1-2H3. The lowest BCUT2D eigenvalue weighted by molar-refractivity contribution is -0.178. The van der Waals surface area contributed by atoms with Gasteiger partial charge in [-0.05, 0) is 24.5 Å². The molecule has 2 atom stereocenters. The predicted octanol–water partition coefficient (Wildman–Crippen LogP) is 2.47. The van der Waals surface area contributed by atoms with Crippen LogP contribution in [0.5, 0.6) is 0 Å². The number of ether oxygens (including phenoxy) is 2. The smallest absolute Gasteiger partial charge is 0.170 e. The third-order valence-electron chi connectivity index (χ3n) is 4.09. The van der Waals surface area contributed by atoms with E-state index < -0.39 is 0 Å². The highest BCUT2D eigenvalue weighted by atomic mass is 32.2. The van der Waals surface area contributed by atoms with Crippen molar-refractivity contribution < 1.29 is 9.47 Å². The summed E-state index contributed by atoms with van der Waals surface area (Å²) < 4.78 is 17.3. The Morgan fingerprint density at radius 1 is 1.38 bits per heavy atom. The number of rotatable bonds is 5. The summed E-state index contributed by atoms with van der Waals surface area (Å²) in [5.41, 5.74) is 0. The number of nitrogens with one attached hydrogen (secondary N) is 1. The molecule has 5 nitrogen and oxygen atoms in total. The number of thioether (sulfide) groups is 1. The summed E-state index contributed by atoms with van der Waals surface area (Å²) in [6.45, 7) is 6.69. The lowest BCUT2D eigenvalue weighted by Crippen LogP contribution is -2.49. The molecule has 0 bridgehead atoms. The minimum atomic E-state index is -0.345. The van der Waals surface area contributed by atoms with Crippen LogP contribution in [0.25, 0.3) is 0 Å². The van der Waals surface area contributed by atoms with Crippen LogP contribution >= 0.6 is 23.3 Å². The van der Waals surface area contributed by atoms with Gasteiger partial charge >= 0.3 is 0 Å². The summed E-state index contributed by atoms with van der Waals surface area (Å²) in [4.78, 5) is 4.59. The van der Waals surface area contributed by atoms with E-state index in [1.54, 1.807) is 0 Å². The van der Waals surface area contributed by atoms with E-state index in [2.05, 4.69) is 28.5 Å². The molecule has 2 fully saturated rings. The van der Waals surface area contributed by atoms with Crippen molar-refractivity contribution in [2.24, 2.45) is 0 Å². The van der Waals surface area contributed by atoms with Crippen LogP contribution in [0.1, 0.15) is 38.9 Å². The second-order valence-corrected chi connectivity index (χ2v) is 7.74. The van der Waals surface area contributed by atoms with E-state index in [0.29, 0.717) is 11.3 Å². The minimum Gasteiger partial charge on any atom is -0.347 e. The lowest BCUT2D eigenvalue weighted by atomic mass is 9.89. The second kappa shape index (κ2) is 6.91. The molecule has 7 heteroatoms. The molecule has 0 aromatic carbocycles. The molecule has 1 N–H and O–H groups in total. The van der Waals surface area contributed by atoms with Gasteiger partial charge in [-0.2, -0.15) is 4.37 Å².